The van der Waals surface area contributed by atoms with Crippen LogP contribution in [0.4, 0.5) is 0 Å². The van der Waals surface area contributed by atoms with Gasteiger partial charge in [0.1, 0.15) is 5.78 Å². The molecule has 66 valence electrons. The van der Waals surface area contributed by atoms with Gasteiger partial charge in [0.05, 0.1) is 0 Å². The second-order valence-corrected chi connectivity index (χ2v) is 3.46. The van der Waals surface area contributed by atoms with Gasteiger partial charge >= 0.3 is 0 Å². The fourth-order valence-electron chi connectivity index (χ4n) is 1.44. The minimum Gasteiger partial charge on any atom is -0.299 e. The van der Waals surface area contributed by atoms with E-state index >= 15 is 0 Å². The Balaban J connectivity index is 3.98. The Bertz CT molecular complexity index is 116. The van der Waals surface area contributed by atoms with Crippen molar-refractivity contribution in [3.05, 3.63) is 0 Å². The maximum Gasteiger partial charge on any atom is 0.135 e. The minimum atomic E-state index is 0.310. The lowest BCUT2D eigenvalue weighted by atomic mass is 9.87. The van der Waals surface area contributed by atoms with Gasteiger partial charge in [-0.05, 0) is 12.3 Å². The first-order valence-electron chi connectivity index (χ1n) is 4.66. The zero-order valence-corrected chi connectivity index (χ0v) is 8.18. The summed E-state index contributed by atoms with van der Waals surface area (Å²) < 4.78 is 0. The molecule has 0 fully saturated rings. The van der Waals surface area contributed by atoms with Gasteiger partial charge in [0.2, 0.25) is 0 Å². The molecule has 1 heteroatoms. The predicted molar refractivity (Wildman–Crippen MR) is 48.5 cm³/mol. The summed E-state index contributed by atoms with van der Waals surface area (Å²) in [4.78, 5) is 11.3. The van der Waals surface area contributed by atoms with E-state index in [0.717, 1.165) is 12.8 Å². The molecule has 0 spiro atoms. The van der Waals surface area contributed by atoms with Crippen LogP contribution in [-0.4, -0.2) is 5.78 Å². The number of carbonyl (C=O) groups is 1. The van der Waals surface area contributed by atoms with Crippen LogP contribution in [0.15, 0.2) is 0 Å². The first-order chi connectivity index (χ1) is 5.13. The van der Waals surface area contributed by atoms with Crippen LogP contribution >= 0.6 is 0 Å². The third-order valence-electron chi connectivity index (χ3n) is 2.17. The topological polar surface area (TPSA) is 17.1 Å². The van der Waals surface area contributed by atoms with Crippen LogP contribution in [0.5, 0.6) is 0 Å². The van der Waals surface area contributed by atoms with Gasteiger partial charge in [0.25, 0.3) is 0 Å². The van der Waals surface area contributed by atoms with Crippen LogP contribution in [0.2, 0.25) is 0 Å². The van der Waals surface area contributed by atoms with E-state index in [1.807, 2.05) is 6.92 Å². The van der Waals surface area contributed by atoms with Gasteiger partial charge in [-0.2, -0.15) is 0 Å². The standard InChI is InChI=1S/C10H20O/c1-5-7-9(8(3)4)10(11)6-2/h8-9H,5-7H2,1-4H3. The predicted octanol–water partition coefficient (Wildman–Crippen LogP) is 3.04. The van der Waals surface area contributed by atoms with E-state index in [2.05, 4.69) is 20.8 Å². The quantitative estimate of drug-likeness (QED) is 0.598. The molecule has 1 unspecified atom stereocenters. The van der Waals surface area contributed by atoms with Crippen molar-refractivity contribution >= 4 is 5.78 Å². The molecule has 0 aliphatic rings. The summed E-state index contributed by atoms with van der Waals surface area (Å²) in [5, 5.41) is 0. The van der Waals surface area contributed by atoms with Crippen molar-refractivity contribution in [2.45, 2.75) is 47.0 Å². The molecule has 11 heavy (non-hydrogen) atoms. The Labute approximate surface area is 70.2 Å². The number of carbonyl (C=O) groups excluding carboxylic acids is 1. The second kappa shape index (κ2) is 5.34. The zero-order valence-electron chi connectivity index (χ0n) is 8.18. The van der Waals surface area contributed by atoms with Crippen LogP contribution in [-0.2, 0) is 4.79 Å². The van der Waals surface area contributed by atoms with Gasteiger partial charge in [-0.15, -0.1) is 0 Å². The Morgan fingerprint density at radius 2 is 1.82 bits per heavy atom. The molecule has 0 heterocycles. The van der Waals surface area contributed by atoms with Gasteiger partial charge in [-0.3, -0.25) is 4.79 Å². The van der Waals surface area contributed by atoms with Crippen LogP contribution < -0.4 is 0 Å². The van der Waals surface area contributed by atoms with Gasteiger partial charge in [0, 0.05) is 12.3 Å². The maximum atomic E-state index is 11.3. The molecule has 0 aromatic heterocycles. The molecular formula is C10H20O. The molecule has 1 nitrogen and oxygen atoms in total. The van der Waals surface area contributed by atoms with Gasteiger partial charge in [-0.25, -0.2) is 0 Å². The molecule has 0 N–H and O–H groups in total. The molecule has 0 aromatic carbocycles. The monoisotopic (exact) mass is 156 g/mol. The van der Waals surface area contributed by atoms with Crippen LogP contribution in [0, 0.1) is 11.8 Å². The summed E-state index contributed by atoms with van der Waals surface area (Å²) in [6, 6.07) is 0. The SMILES string of the molecule is CCCC(C(=O)CC)C(C)C. The highest BCUT2D eigenvalue weighted by atomic mass is 16.1. The van der Waals surface area contributed by atoms with Gasteiger partial charge in [0.15, 0.2) is 0 Å². The van der Waals surface area contributed by atoms with Crippen LogP contribution in [0.1, 0.15) is 47.0 Å². The molecule has 0 rings (SSSR count). The number of hydrogen-bond acceptors (Lipinski definition) is 1. The molecule has 0 saturated heterocycles. The van der Waals surface area contributed by atoms with E-state index in [1.165, 1.54) is 0 Å². The largest absolute Gasteiger partial charge is 0.299 e. The summed E-state index contributed by atoms with van der Waals surface area (Å²) >= 11 is 0. The lowest BCUT2D eigenvalue weighted by molar-refractivity contribution is -0.124. The van der Waals surface area contributed by atoms with Crippen molar-refractivity contribution in [2.75, 3.05) is 0 Å². The fraction of sp³-hybridized carbons (Fsp3) is 0.900. The van der Waals surface area contributed by atoms with Gasteiger partial charge < -0.3 is 0 Å². The third-order valence-corrected chi connectivity index (χ3v) is 2.17. The van der Waals surface area contributed by atoms with E-state index in [0.29, 0.717) is 24.0 Å². The minimum absolute atomic E-state index is 0.310. The molecular weight excluding hydrogens is 136 g/mol. The molecule has 1 atom stereocenters. The summed E-state index contributed by atoms with van der Waals surface area (Å²) in [7, 11) is 0. The van der Waals surface area contributed by atoms with E-state index in [9.17, 15) is 4.79 Å². The summed E-state index contributed by atoms with van der Waals surface area (Å²) in [5.74, 6) is 1.26. The number of ketones is 1. The summed E-state index contributed by atoms with van der Waals surface area (Å²) in [6.45, 7) is 8.35. The lowest BCUT2D eigenvalue weighted by Gasteiger charge is -2.17. The molecule has 0 amide bonds. The van der Waals surface area contributed by atoms with Crippen LogP contribution in [0.25, 0.3) is 0 Å². The van der Waals surface area contributed by atoms with Crippen molar-refractivity contribution in [1.82, 2.24) is 0 Å². The molecule has 0 aromatic rings. The normalized spacial score (nSPS) is 13.5. The summed E-state index contributed by atoms with van der Waals surface area (Å²) in [5.41, 5.74) is 0. The Kier molecular flexibility index (Phi) is 5.18. The van der Waals surface area contributed by atoms with E-state index < -0.39 is 0 Å². The van der Waals surface area contributed by atoms with Gasteiger partial charge in [-0.1, -0.05) is 34.1 Å². The zero-order chi connectivity index (χ0) is 8.85. The fourth-order valence-corrected chi connectivity index (χ4v) is 1.44. The molecule has 0 aliphatic heterocycles. The number of hydrogen-bond donors (Lipinski definition) is 0. The second-order valence-electron chi connectivity index (χ2n) is 3.46. The number of rotatable bonds is 5. The van der Waals surface area contributed by atoms with E-state index in [4.69, 9.17) is 0 Å². The number of Topliss-reactive ketones (excluding diaryl/α,β-unsaturated/α-hetero) is 1. The first kappa shape index (κ1) is 10.7. The average Bonchev–Trinajstić information content (AvgIpc) is 1.98. The molecule has 0 radical (unpaired) electrons. The summed E-state index contributed by atoms with van der Waals surface area (Å²) in [6.07, 6.45) is 2.88. The maximum absolute atomic E-state index is 11.3. The third kappa shape index (κ3) is 3.54. The van der Waals surface area contributed by atoms with Crippen molar-refractivity contribution in [3.8, 4) is 0 Å². The first-order valence-corrected chi connectivity index (χ1v) is 4.66. The van der Waals surface area contributed by atoms with Crippen LogP contribution in [0.3, 0.4) is 0 Å². The van der Waals surface area contributed by atoms with E-state index in [1.54, 1.807) is 0 Å². The van der Waals surface area contributed by atoms with Crippen molar-refractivity contribution < 1.29 is 4.79 Å². The average molecular weight is 156 g/mol. The van der Waals surface area contributed by atoms with E-state index in [-0.39, 0.29) is 0 Å². The Morgan fingerprint density at radius 3 is 2.09 bits per heavy atom. The lowest BCUT2D eigenvalue weighted by Crippen LogP contribution is -2.19. The Hall–Kier alpha value is -0.330. The highest BCUT2D eigenvalue weighted by Gasteiger charge is 2.18. The smallest absolute Gasteiger partial charge is 0.135 e. The van der Waals surface area contributed by atoms with Crippen molar-refractivity contribution in [1.29, 1.82) is 0 Å². The highest BCUT2D eigenvalue weighted by molar-refractivity contribution is 5.80. The molecule has 0 bridgehead atoms. The van der Waals surface area contributed by atoms with Crippen molar-refractivity contribution in [2.24, 2.45) is 11.8 Å². The highest BCUT2D eigenvalue weighted by Crippen LogP contribution is 2.19. The molecule has 0 saturated carbocycles. The van der Waals surface area contributed by atoms with Crippen molar-refractivity contribution in [3.63, 3.8) is 0 Å². The molecule has 0 aliphatic carbocycles. The Morgan fingerprint density at radius 1 is 1.27 bits per heavy atom.